The van der Waals surface area contributed by atoms with E-state index >= 15 is 0 Å². The molecule has 1 atom stereocenters. The summed E-state index contributed by atoms with van der Waals surface area (Å²) in [5.74, 6) is 0.157. The van der Waals surface area contributed by atoms with Crippen LogP contribution >= 0.6 is 11.6 Å². The Morgan fingerprint density at radius 3 is 2.32 bits per heavy atom. The standard InChI is InChI=1S/C21H26ClN3O3/c1-15(26)25-13-20(21(14-25)8-9-23(2)19(21)28)6-10-24(11-7-20)18(27)16-4-3-5-17(22)12-16/h3-5,12H,6-11,13-14H2,1-2H3/t21-/m0/s1. The van der Waals surface area contributed by atoms with Crippen LogP contribution in [0.25, 0.3) is 0 Å². The van der Waals surface area contributed by atoms with Crippen molar-refractivity contribution >= 4 is 29.3 Å². The van der Waals surface area contributed by atoms with Crippen molar-refractivity contribution in [2.45, 2.75) is 26.2 Å². The van der Waals surface area contributed by atoms with Gasteiger partial charge in [0.1, 0.15) is 0 Å². The second-order valence-corrected chi connectivity index (χ2v) is 8.95. The zero-order chi connectivity index (χ0) is 20.1. The quantitative estimate of drug-likeness (QED) is 0.722. The van der Waals surface area contributed by atoms with E-state index in [0.717, 1.165) is 25.8 Å². The van der Waals surface area contributed by atoms with Crippen LogP contribution in [0.1, 0.15) is 36.5 Å². The Balaban J connectivity index is 1.57. The van der Waals surface area contributed by atoms with Gasteiger partial charge in [0.15, 0.2) is 0 Å². The van der Waals surface area contributed by atoms with Gasteiger partial charge in [-0.15, -0.1) is 0 Å². The summed E-state index contributed by atoms with van der Waals surface area (Å²) in [4.78, 5) is 43.6. The van der Waals surface area contributed by atoms with Gasteiger partial charge in [-0.1, -0.05) is 17.7 Å². The molecule has 6 nitrogen and oxygen atoms in total. The maximum Gasteiger partial charge on any atom is 0.253 e. The maximum absolute atomic E-state index is 13.1. The summed E-state index contributed by atoms with van der Waals surface area (Å²) < 4.78 is 0. The highest BCUT2D eigenvalue weighted by atomic mass is 35.5. The van der Waals surface area contributed by atoms with Gasteiger partial charge >= 0.3 is 0 Å². The number of fused-ring (bicyclic) bond motifs is 1. The van der Waals surface area contributed by atoms with E-state index in [4.69, 9.17) is 11.6 Å². The second kappa shape index (κ2) is 6.76. The fraction of sp³-hybridized carbons (Fsp3) is 0.571. The highest BCUT2D eigenvalue weighted by Gasteiger charge is 2.65. The molecule has 0 unspecified atom stereocenters. The topological polar surface area (TPSA) is 60.9 Å². The lowest BCUT2D eigenvalue weighted by Crippen LogP contribution is -2.53. The monoisotopic (exact) mass is 403 g/mol. The summed E-state index contributed by atoms with van der Waals surface area (Å²) in [6, 6.07) is 7.01. The number of likely N-dealkylation sites (tertiary alicyclic amines) is 3. The fourth-order valence-corrected chi connectivity index (χ4v) is 5.63. The third kappa shape index (κ3) is 2.81. The van der Waals surface area contributed by atoms with E-state index < -0.39 is 5.41 Å². The third-order valence-electron chi connectivity index (χ3n) is 7.12. The lowest BCUT2D eigenvalue weighted by Gasteiger charge is -2.46. The van der Waals surface area contributed by atoms with Crippen molar-refractivity contribution in [2.24, 2.45) is 10.8 Å². The molecule has 0 radical (unpaired) electrons. The van der Waals surface area contributed by atoms with Crippen molar-refractivity contribution < 1.29 is 14.4 Å². The molecular weight excluding hydrogens is 378 g/mol. The minimum Gasteiger partial charge on any atom is -0.345 e. The zero-order valence-electron chi connectivity index (χ0n) is 16.4. The Morgan fingerprint density at radius 1 is 1.04 bits per heavy atom. The predicted molar refractivity (Wildman–Crippen MR) is 106 cm³/mol. The molecule has 3 heterocycles. The Morgan fingerprint density at radius 2 is 1.75 bits per heavy atom. The van der Waals surface area contributed by atoms with E-state index in [1.165, 1.54) is 0 Å². The normalized spacial score (nSPS) is 26.5. The molecule has 0 N–H and O–H groups in total. The Kier molecular flexibility index (Phi) is 4.65. The molecule has 0 aromatic heterocycles. The molecule has 1 aromatic rings. The number of benzene rings is 1. The summed E-state index contributed by atoms with van der Waals surface area (Å²) >= 11 is 6.03. The number of rotatable bonds is 1. The van der Waals surface area contributed by atoms with E-state index in [9.17, 15) is 14.4 Å². The van der Waals surface area contributed by atoms with Gasteiger partial charge in [0.25, 0.3) is 5.91 Å². The molecule has 7 heteroatoms. The molecule has 3 fully saturated rings. The van der Waals surface area contributed by atoms with Gasteiger partial charge in [0.2, 0.25) is 11.8 Å². The summed E-state index contributed by atoms with van der Waals surface area (Å²) in [5.41, 5.74) is -0.156. The lowest BCUT2D eigenvalue weighted by molar-refractivity contribution is -0.141. The molecule has 3 saturated heterocycles. The summed E-state index contributed by atoms with van der Waals surface area (Å²) in [6.07, 6.45) is 2.26. The van der Waals surface area contributed by atoms with E-state index in [2.05, 4.69) is 0 Å². The molecule has 3 aliphatic heterocycles. The van der Waals surface area contributed by atoms with Crippen molar-refractivity contribution in [3.63, 3.8) is 0 Å². The maximum atomic E-state index is 13.1. The molecule has 0 aliphatic carbocycles. The average molecular weight is 404 g/mol. The predicted octanol–water partition coefficient (Wildman–Crippen LogP) is 2.27. The first-order valence-electron chi connectivity index (χ1n) is 9.84. The molecule has 2 spiro atoms. The highest BCUT2D eigenvalue weighted by Crippen LogP contribution is 2.57. The number of nitrogens with zero attached hydrogens (tertiary/aromatic N) is 3. The largest absolute Gasteiger partial charge is 0.345 e. The molecule has 28 heavy (non-hydrogen) atoms. The second-order valence-electron chi connectivity index (χ2n) is 8.52. The van der Waals surface area contributed by atoms with Crippen LogP contribution in [0.15, 0.2) is 24.3 Å². The summed E-state index contributed by atoms with van der Waals surface area (Å²) in [5, 5.41) is 0.547. The van der Waals surface area contributed by atoms with Crippen LogP contribution in [0.2, 0.25) is 5.02 Å². The Bertz CT molecular complexity index is 834. The number of carbonyl (C=O) groups excluding carboxylic acids is 3. The van der Waals surface area contributed by atoms with E-state index in [1.807, 2.05) is 16.8 Å². The molecule has 0 bridgehead atoms. The van der Waals surface area contributed by atoms with Crippen molar-refractivity contribution in [2.75, 3.05) is 39.8 Å². The number of piperidine rings is 1. The number of carbonyl (C=O) groups is 3. The van der Waals surface area contributed by atoms with Crippen LogP contribution < -0.4 is 0 Å². The summed E-state index contributed by atoms with van der Waals surface area (Å²) in [6.45, 7) is 4.62. The number of amides is 3. The zero-order valence-corrected chi connectivity index (χ0v) is 17.2. The molecule has 3 amide bonds. The van der Waals surface area contributed by atoms with Gasteiger partial charge in [0.05, 0.1) is 5.41 Å². The van der Waals surface area contributed by atoms with Crippen LogP contribution in [-0.2, 0) is 9.59 Å². The molecule has 3 aliphatic rings. The van der Waals surface area contributed by atoms with Gasteiger partial charge in [-0.25, -0.2) is 0 Å². The molecule has 1 aromatic carbocycles. The minimum absolute atomic E-state index is 0.0241. The Hall–Kier alpha value is -2.08. The molecule has 150 valence electrons. The first kappa shape index (κ1) is 19.2. The smallest absolute Gasteiger partial charge is 0.253 e. The molecule has 4 rings (SSSR count). The van der Waals surface area contributed by atoms with Crippen molar-refractivity contribution in [3.05, 3.63) is 34.9 Å². The lowest BCUT2D eigenvalue weighted by atomic mass is 9.60. The van der Waals surface area contributed by atoms with Crippen LogP contribution in [0, 0.1) is 10.8 Å². The van der Waals surface area contributed by atoms with Gasteiger partial charge in [-0.3, -0.25) is 14.4 Å². The van der Waals surface area contributed by atoms with Crippen LogP contribution in [0.4, 0.5) is 0 Å². The highest BCUT2D eigenvalue weighted by molar-refractivity contribution is 6.30. The van der Waals surface area contributed by atoms with Gasteiger partial charge in [0, 0.05) is 62.7 Å². The molecular formula is C21H26ClN3O3. The first-order chi connectivity index (χ1) is 13.3. The van der Waals surface area contributed by atoms with E-state index in [1.54, 1.807) is 36.1 Å². The van der Waals surface area contributed by atoms with Gasteiger partial charge in [-0.05, 0) is 37.5 Å². The van der Waals surface area contributed by atoms with E-state index in [-0.39, 0.29) is 23.1 Å². The fourth-order valence-electron chi connectivity index (χ4n) is 5.44. The van der Waals surface area contributed by atoms with Crippen molar-refractivity contribution in [1.82, 2.24) is 14.7 Å². The van der Waals surface area contributed by atoms with Gasteiger partial charge < -0.3 is 14.7 Å². The first-order valence-corrected chi connectivity index (χ1v) is 10.2. The minimum atomic E-state index is -0.501. The average Bonchev–Trinajstić information content (AvgIpc) is 3.15. The van der Waals surface area contributed by atoms with Gasteiger partial charge in [-0.2, -0.15) is 0 Å². The van der Waals surface area contributed by atoms with Crippen molar-refractivity contribution in [3.8, 4) is 0 Å². The van der Waals surface area contributed by atoms with E-state index in [0.29, 0.717) is 36.8 Å². The van der Waals surface area contributed by atoms with Crippen LogP contribution in [0.5, 0.6) is 0 Å². The summed E-state index contributed by atoms with van der Waals surface area (Å²) in [7, 11) is 1.85. The Labute approximate surface area is 170 Å². The number of halogens is 1. The van der Waals surface area contributed by atoms with Crippen molar-refractivity contribution in [1.29, 1.82) is 0 Å². The van der Waals surface area contributed by atoms with Crippen LogP contribution in [-0.4, -0.2) is 72.2 Å². The number of hydrogen-bond acceptors (Lipinski definition) is 3. The third-order valence-corrected chi connectivity index (χ3v) is 7.36. The SMILES string of the molecule is CC(=O)N1CC2(CCN(C(=O)c3cccc(Cl)c3)CC2)[C@@]2(CCN(C)C2=O)C1. The number of hydrogen-bond donors (Lipinski definition) is 0. The van der Waals surface area contributed by atoms with Crippen LogP contribution in [0.3, 0.4) is 0 Å². The molecule has 0 saturated carbocycles.